The van der Waals surface area contributed by atoms with Gasteiger partial charge in [-0.3, -0.25) is 24.0 Å². The first-order valence-electron chi connectivity index (χ1n) is 18.2. The molecule has 5 atom stereocenters. The number of benzene rings is 2. The van der Waals surface area contributed by atoms with Crippen LogP contribution in [-0.4, -0.2) is 77.1 Å². The number of halogens is 1. The lowest BCUT2D eigenvalue weighted by Gasteiger charge is -2.30. The summed E-state index contributed by atoms with van der Waals surface area (Å²) in [6.07, 6.45) is 6.99. The molecule has 14 heteroatoms. The molecule has 278 valence electrons. The van der Waals surface area contributed by atoms with Crippen molar-refractivity contribution in [2.45, 2.75) is 113 Å². The van der Waals surface area contributed by atoms with Crippen molar-refractivity contribution in [3.8, 4) is 0 Å². The molecule has 0 spiro atoms. The molecule has 2 aromatic carbocycles. The Morgan fingerprint density at radius 3 is 2.58 bits per heavy atom. The van der Waals surface area contributed by atoms with Gasteiger partial charge in [0, 0.05) is 30.1 Å². The van der Waals surface area contributed by atoms with E-state index in [0.29, 0.717) is 30.4 Å². The number of sulfonamides is 1. The molecular weight excluding hydrogens is 690 g/mol. The Kier molecular flexibility index (Phi) is 9.55. The molecule has 12 nitrogen and oxygen atoms in total. The lowest BCUT2D eigenvalue weighted by molar-refractivity contribution is -0.140. The van der Waals surface area contributed by atoms with Crippen LogP contribution < -0.4 is 15.4 Å². The van der Waals surface area contributed by atoms with Gasteiger partial charge in [0.25, 0.3) is 5.91 Å². The van der Waals surface area contributed by atoms with E-state index in [0.717, 1.165) is 36.9 Å². The monoisotopic (exact) mass is 735 g/mol. The Morgan fingerprint density at radius 2 is 1.83 bits per heavy atom. The number of nitrogens with zero attached hydrogens (tertiary/aromatic N) is 2. The fourth-order valence-corrected chi connectivity index (χ4v) is 8.91. The summed E-state index contributed by atoms with van der Waals surface area (Å²) in [5, 5.41) is 6.27. The largest absolute Gasteiger partial charge is 0.444 e. The van der Waals surface area contributed by atoms with Gasteiger partial charge in [0.15, 0.2) is 0 Å². The Bertz CT molecular complexity index is 1920. The molecule has 52 heavy (non-hydrogen) atoms. The predicted octanol–water partition coefficient (Wildman–Crippen LogP) is 4.43. The normalized spacial score (nSPS) is 29.0. The third-order valence-corrected chi connectivity index (χ3v) is 13.6. The molecule has 2 saturated carbocycles. The van der Waals surface area contributed by atoms with Crippen LogP contribution in [0.2, 0.25) is 0 Å². The van der Waals surface area contributed by atoms with Crippen molar-refractivity contribution in [2.75, 3.05) is 11.9 Å². The van der Waals surface area contributed by atoms with E-state index in [-0.39, 0.29) is 38.4 Å². The van der Waals surface area contributed by atoms with Gasteiger partial charge in [-0.2, -0.15) is 0 Å². The topological polar surface area (TPSA) is 154 Å². The van der Waals surface area contributed by atoms with Gasteiger partial charge in [-0.15, -0.1) is 0 Å². The highest BCUT2D eigenvalue weighted by molar-refractivity contribution is 7.91. The summed E-state index contributed by atoms with van der Waals surface area (Å²) < 4.78 is 47.8. The summed E-state index contributed by atoms with van der Waals surface area (Å²) in [5.41, 5.74) is 1.33. The van der Waals surface area contributed by atoms with Gasteiger partial charge in [-0.25, -0.2) is 17.6 Å². The van der Waals surface area contributed by atoms with Crippen LogP contribution in [0, 0.1) is 18.7 Å². The first-order chi connectivity index (χ1) is 24.8. The molecule has 3 fully saturated rings. The number of carbonyl (C=O) groups is 4. The van der Waals surface area contributed by atoms with Crippen molar-refractivity contribution in [3.05, 3.63) is 77.1 Å². The number of para-hydroxylation sites is 1. The fraction of sp³-hybridized carbons (Fsp3) is 0.526. The molecule has 0 bridgehead atoms. The fourth-order valence-electron chi connectivity index (χ4n) is 7.60. The smallest absolute Gasteiger partial charge is 0.410 e. The Balaban J connectivity index is 1.16. The van der Waals surface area contributed by atoms with Crippen molar-refractivity contribution in [1.29, 1.82) is 0 Å². The van der Waals surface area contributed by atoms with E-state index in [4.69, 9.17) is 4.74 Å². The molecule has 0 unspecified atom stereocenters. The molecule has 0 aromatic heterocycles. The summed E-state index contributed by atoms with van der Waals surface area (Å²) in [7, 11) is -3.98. The maximum Gasteiger partial charge on any atom is 0.410 e. The highest BCUT2D eigenvalue weighted by Crippen LogP contribution is 2.47. The minimum Gasteiger partial charge on any atom is -0.444 e. The van der Waals surface area contributed by atoms with Crippen molar-refractivity contribution in [1.82, 2.24) is 19.8 Å². The molecule has 1 saturated heterocycles. The summed E-state index contributed by atoms with van der Waals surface area (Å²) >= 11 is 0. The number of amides is 4. The second kappa shape index (κ2) is 13.8. The van der Waals surface area contributed by atoms with Crippen LogP contribution in [0.25, 0.3) is 0 Å². The zero-order chi connectivity index (χ0) is 36.8. The number of rotatable bonds is 6. The van der Waals surface area contributed by atoms with E-state index in [1.807, 2.05) is 43.3 Å². The average Bonchev–Trinajstić information content (AvgIpc) is 3.90. The quantitative estimate of drug-likeness (QED) is 0.369. The maximum absolute atomic E-state index is 14.5. The lowest BCUT2D eigenvalue weighted by Crippen LogP contribution is -2.58. The molecule has 3 heterocycles. The standard InChI is InChI=1S/C38H46FN5O7S/c1-24-11-8-9-15-30(24)40-31-16-7-5-3-4-6-13-26-20-38(26,35(47)42-52(49,50)37(2)17-18-37)41-33(45)32-19-27(22-44(32)34(31)46)51-36(48)43-21-25-12-10-14-29(39)28(25)23-43/h6,8-15,26-27,31-32,40H,3-5,7,16-23H2,1-2H3,(H,41,45)(H,42,47)/b13-6-/t26-,27-,31+,32+,38-/m1/s1. The zero-order valence-electron chi connectivity index (χ0n) is 29.5. The molecule has 4 amide bonds. The van der Waals surface area contributed by atoms with E-state index in [1.54, 1.807) is 19.1 Å². The van der Waals surface area contributed by atoms with Crippen LogP contribution >= 0.6 is 0 Å². The molecular formula is C38H46FN5O7S. The summed E-state index contributed by atoms with van der Waals surface area (Å²) in [6, 6.07) is 10.5. The van der Waals surface area contributed by atoms with Gasteiger partial charge >= 0.3 is 6.09 Å². The van der Waals surface area contributed by atoms with Crippen molar-refractivity contribution < 1.29 is 36.7 Å². The Morgan fingerprint density at radius 1 is 1.04 bits per heavy atom. The van der Waals surface area contributed by atoms with Crippen LogP contribution in [0.5, 0.6) is 0 Å². The second-order valence-corrected chi connectivity index (χ2v) is 17.4. The van der Waals surface area contributed by atoms with Gasteiger partial charge in [0.05, 0.1) is 17.8 Å². The van der Waals surface area contributed by atoms with Crippen LogP contribution in [-0.2, 0) is 42.2 Å². The van der Waals surface area contributed by atoms with E-state index in [1.165, 1.54) is 15.9 Å². The van der Waals surface area contributed by atoms with Gasteiger partial charge in [0.1, 0.15) is 29.5 Å². The van der Waals surface area contributed by atoms with Crippen LogP contribution in [0.1, 0.15) is 81.4 Å². The van der Waals surface area contributed by atoms with Gasteiger partial charge < -0.3 is 20.3 Å². The third-order valence-electron chi connectivity index (χ3n) is 11.4. The van der Waals surface area contributed by atoms with Gasteiger partial charge in [-0.05, 0) is 75.6 Å². The molecule has 0 radical (unpaired) electrons. The SMILES string of the molecule is Cc1ccccc1N[C@H]1CCCCC/C=C\[C@@H]2C[C@@]2(C(=O)NS(=O)(=O)C2(C)CC2)NC(=O)[C@@H]2C[C@@H](OC(=O)N3Cc4cccc(F)c4C3)CN2C1=O. The van der Waals surface area contributed by atoms with E-state index in [9.17, 15) is 32.0 Å². The van der Waals surface area contributed by atoms with Gasteiger partial charge in [-0.1, -0.05) is 55.3 Å². The van der Waals surface area contributed by atoms with Gasteiger partial charge in [0.2, 0.25) is 21.8 Å². The number of anilines is 1. The number of fused-ring (bicyclic) bond motifs is 3. The molecule has 3 N–H and O–H groups in total. The zero-order valence-corrected chi connectivity index (χ0v) is 30.3. The highest BCUT2D eigenvalue weighted by atomic mass is 32.2. The molecule has 2 aliphatic carbocycles. The van der Waals surface area contributed by atoms with Crippen molar-refractivity contribution >= 4 is 39.5 Å². The Labute approximate surface area is 303 Å². The van der Waals surface area contributed by atoms with Crippen molar-refractivity contribution in [3.63, 3.8) is 0 Å². The minimum atomic E-state index is -3.98. The van der Waals surface area contributed by atoms with Crippen LogP contribution in [0.15, 0.2) is 54.6 Å². The number of ether oxygens (including phenoxy) is 1. The van der Waals surface area contributed by atoms with E-state index in [2.05, 4.69) is 15.4 Å². The average molecular weight is 736 g/mol. The molecule has 7 rings (SSSR count). The molecule has 5 aliphatic rings. The number of hydrogen-bond acceptors (Lipinski definition) is 8. The van der Waals surface area contributed by atoms with E-state index >= 15 is 0 Å². The van der Waals surface area contributed by atoms with Crippen LogP contribution in [0.4, 0.5) is 14.9 Å². The van der Waals surface area contributed by atoms with Crippen molar-refractivity contribution in [2.24, 2.45) is 5.92 Å². The second-order valence-electron chi connectivity index (χ2n) is 15.2. The molecule has 2 aromatic rings. The number of carbonyl (C=O) groups excluding carboxylic acids is 4. The molecule has 3 aliphatic heterocycles. The summed E-state index contributed by atoms with van der Waals surface area (Å²) in [4.78, 5) is 58.8. The first-order valence-corrected chi connectivity index (χ1v) is 19.7. The number of allylic oxidation sites excluding steroid dienone is 1. The van der Waals surface area contributed by atoms with Crippen LogP contribution in [0.3, 0.4) is 0 Å². The third kappa shape index (κ3) is 7.01. The first kappa shape index (κ1) is 35.9. The highest BCUT2D eigenvalue weighted by Gasteiger charge is 2.63. The Hall–Kier alpha value is -4.46. The number of hydrogen-bond donors (Lipinski definition) is 3. The van der Waals surface area contributed by atoms with E-state index < -0.39 is 68.1 Å². The lowest BCUT2D eigenvalue weighted by atomic mass is 10.0. The maximum atomic E-state index is 14.5. The number of aryl methyl sites for hydroxylation is 1. The minimum absolute atomic E-state index is 0.0376. The number of nitrogens with one attached hydrogen (secondary N) is 3. The summed E-state index contributed by atoms with van der Waals surface area (Å²) in [6.45, 7) is 3.66. The summed E-state index contributed by atoms with van der Waals surface area (Å²) in [5.74, 6) is -2.62. The predicted molar refractivity (Wildman–Crippen MR) is 191 cm³/mol.